The van der Waals surface area contributed by atoms with E-state index in [4.69, 9.17) is 9.84 Å². The lowest BCUT2D eigenvalue weighted by atomic mass is 10.00. The lowest BCUT2D eigenvalue weighted by Crippen LogP contribution is -2.11. The maximum absolute atomic E-state index is 11.7. The average Bonchev–Trinajstić information content (AvgIpc) is 2.28. The van der Waals surface area contributed by atoms with E-state index in [9.17, 15) is 9.59 Å². The number of esters is 1. The summed E-state index contributed by atoms with van der Waals surface area (Å²) in [5.74, 6) is -0.473. The van der Waals surface area contributed by atoms with Crippen molar-refractivity contribution in [3.05, 3.63) is 34.9 Å². The molecule has 0 atom stereocenters. The molecule has 1 aromatic rings. The highest BCUT2D eigenvalue weighted by Gasteiger charge is 2.14. The molecule has 0 saturated carbocycles. The van der Waals surface area contributed by atoms with Gasteiger partial charge in [-0.2, -0.15) is 0 Å². The van der Waals surface area contributed by atoms with Crippen molar-refractivity contribution < 1.29 is 19.4 Å². The van der Waals surface area contributed by atoms with Crippen LogP contribution < -0.4 is 0 Å². The molecule has 0 amide bonds. The molecule has 0 unspecified atom stereocenters. The third-order valence-corrected chi connectivity index (χ3v) is 2.29. The minimum atomic E-state index is -0.437. The van der Waals surface area contributed by atoms with Gasteiger partial charge in [-0.05, 0) is 31.0 Å². The van der Waals surface area contributed by atoms with Crippen LogP contribution in [0.3, 0.4) is 0 Å². The number of ether oxygens (including phenoxy) is 1. The zero-order valence-corrected chi connectivity index (χ0v) is 10.0. The van der Waals surface area contributed by atoms with Gasteiger partial charge in [0.15, 0.2) is 0 Å². The molecule has 0 aliphatic rings. The molecule has 0 aliphatic carbocycles. The van der Waals surface area contributed by atoms with Crippen LogP contribution in [0, 0.1) is 0 Å². The SMILES string of the molecule is CCOC(=O)c1ccc(CO)cc1CC(C)=O. The summed E-state index contributed by atoms with van der Waals surface area (Å²) in [6.45, 7) is 3.36. The van der Waals surface area contributed by atoms with Crippen molar-refractivity contribution in [1.29, 1.82) is 0 Å². The third kappa shape index (κ3) is 3.67. The summed E-state index contributed by atoms with van der Waals surface area (Å²) < 4.78 is 4.91. The van der Waals surface area contributed by atoms with Crippen LogP contribution in [-0.4, -0.2) is 23.5 Å². The molecule has 0 saturated heterocycles. The summed E-state index contributed by atoms with van der Waals surface area (Å²) in [5.41, 5.74) is 1.66. The van der Waals surface area contributed by atoms with Crippen molar-refractivity contribution in [3.63, 3.8) is 0 Å². The fourth-order valence-corrected chi connectivity index (χ4v) is 1.57. The van der Waals surface area contributed by atoms with Crippen molar-refractivity contribution in [2.24, 2.45) is 0 Å². The second kappa shape index (κ2) is 6.15. The summed E-state index contributed by atoms with van der Waals surface area (Å²) in [6, 6.07) is 4.89. The monoisotopic (exact) mass is 236 g/mol. The van der Waals surface area contributed by atoms with Crippen LogP contribution in [0.2, 0.25) is 0 Å². The number of ketones is 1. The lowest BCUT2D eigenvalue weighted by Gasteiger charge is -2.09. The van der Waals surface area contributed by atoms with Gasteiger partial charge in [-0.3, -0.25) is 4.79 Å². The topological polar surface area (TPSA) is 63.6 Å². The molecule has 0 radical (unpaired) electrons. The Morgan fingerprint density at radius 3 is 2.59 bits per heavy atom. The van der Waals surface area contributed by atoms with E-state index in [0.717, 1.165) is 0 Å². The van der Waals surface area contributed by atoms with Crippen molar-refractivity contribution in [2.75, 3.05) is 6.61 Å². The Labute approximate surface area is 100 Å². The maximum Gasteiger partial charge on any atom is 0.338 e. The highest BCUT2D eigenvalue weighted by Crippen LogP contribution is 2.15. The van der Waals surface area contributed by atoms with Crippen LogP contribution in [-0.2, 0) is 22.6 Å². The van der Waals surface area contributed by atoms with Crippen LogP contribution in [0.15, 0.2) is 18.2 Å². The summed E-state index contributed by atoms with van der Waals surface area (Å²) in [6.07, 6.45) is 0.169. The van der Waals surface area contributed by atoms with E-state index < -0.39 is 5.97 Å². The number of hydrogen-bond acceptors (Lipinski definition) is 4. The molecule has 1 N–H and O–H groups in total. The molecule has 92 valence electrons. The average molecular weight is 236 g/mol. The standard InChI is InChI=1S/C13H16O4/c1-3-17-13(16)12-5-4-10(8-14)7-11(12)6-9(2)15/h4-5,7,14H,3,6,8H2,1-2H3. The molecule has 0 aliphatic heterocycles. The summed E-state index contributed by atoms with van der Waals surface area (Å²) in [7, 11) is 0. The van der Waals surface area contributed by atoms with E-state index in [2.05, 4.69) is 0 Å². The number of aliphatic hydroxyl groups excluding tert-OH is 1. The molecule has 0 bridgehead atoms. The number of benzene rings is 1. The zero-order valence-electron chi connectivity index (χ0n) is 10.0. The van der Waals surface area contributed by atoms with E-state index in [1.165, 1.54) is 6.92 Å². The van der Waals surface area contributed by atoms with Gasteiger partial charge < -0.3 is 9.84 Å². The molecule has 0 fully saturated rings. The first-order valence-corrected chi connectivity index (χ1v) is 5.47. The van der Waals surface area contributed by atoms with Crippen molar-refractivity contribution >= 4 is 11.8 Å². The summed E-state index contributed by atoms with van der Waals surface area (Å²) in [5, 5.41) is 9.03. The first kappa shape index (κ1) is 13.4. The smallest absolute Gasteiger partial charge is 0.338 e. The maximum atomic E-state index is 11.7. The van der Waals surface area contributed by atoms with Gasteiger partial charge in [0.2, 0.25) is 0 Å². The molecule has 0 spiro atoms. The number of rotatable bonds is 5. The highest BCUT2D eigenvalue weighted by atomic mass is 16.5. The summed E-state index contributed by atoms with van der Waals surface area (Å²) >= 11 is 0. The van der Waals surface area contributed by atoms with Crippen LogP contribution in [0.1, 0.15) is 35.3 Å². The fraction of sp³-hybridized carbons (Fsp3) is 0.385. The minimum absolute atomic E-state index is 0.0364. The molecule has 4 heteroatoms. The van der Waals surface area contributed by atoms with Gasteiger partial charge in [-0.15, -0.1) is 0 Å². The normalized spacial score (nSPS) is 10.1. The molecule has 1 rings (SSSR count). The Morgan fingerprint density at radius 2 is 2.06 bits per heavy atom. The number of carbonyl (C=O) groups excluding carboxylic acids is 2. The Morgan fingerprint density at radius 1 is 1.35 bits per heavy atom. The predicted molar refractivity (Wildman–Crippen MR) is 62.7 cm³/mol. The van der Waals surface area contributed by atoms with E-state index in [1.54, 1.807) is 25.1 Å². The Balaban J connectivity index is 3.09. The Kier molecular flexibility index (Phi) is 4.84. The van der Waals surface area contributed by atoms with Crippen molar-refractivity contribution in [2.45, 2.75) is 26.9 Å². The van der Waals surface area contributed by atoms with Crippen LogP contribution in [0.25, 0.3) is 0 Å². The first-order chi connectivity index (χ1) is 8.08. The second-order valence-electron chi connectivity index (χ2n) is 3.75. The van der Waals surface area contributed by atoms with Gasteiger partial charge in [0.25, 0.3) is 0 Å². The molecule has 1 aromatic carbocycles. The quantitative estimate of drug-likeness (QED) is 0.787. The van der Waals surface area contributed by atoms with E-state index >= 15 is 0 Å². The molecule has 4 nitrogen and oxygen atoms in total. The van der Waals surface area contributed by atoms with E-state index in [-0.39, 0.29) is 18.8 Å². The van der Waals surface area contributed by atoms with Gasteiger partial charge in [-0.25, -0.2) is 4.79 Å². The van der Waals surface area contributed by atoms with Gasteiger partial charge in [0.1, 0.15) is 5.78 Å². The van der Waals surface area contributed by atoms with Gasteiger partial charge in [0.05, 0.1) is 18.8 Å². The van der Waals surface area contributed by atoms with Gasteiger partial charge in [0, 0.05) is 6.42 Å². The Bertz CT molecular complexity index is 423. The zero-order chi connectivity index (χ0) is 12.8. The van der Waals surface area contributed by atoms with Crippen molar-refractivity contribution in [3.8, 4) is 0 Å². The van der Waals surface area contributed by atoms with E-state index in [1.807, 2.05) is 0 Å². The number of carbonyl (C=O) groups is 2. The predicted octanol–water partition coefficient (Wildman–Crippen LogP) is 1.49. The minimum Gasteiger partial charge on any atom is -0.462 e. The van der Waals surface area contributed by atoms with Gasteiger partial charge >= 0.3 is 5.97 Å². The largest absolute Gasteiger partial charge is 0.462 e. The van der Waals surface area contributed by atoms with Crippen LogP contribution in [0.4, 0.5) is 0 Å². The van der Waals surface area contributed by atoms with Crippen LogP contribution >= 0.6 is 0 Å². The molecule has 0 heterocycles. The summed E-state index contributed by atoms with van der Waals surface area (Å²) in [4.78, 5) is 22.8. The molecular formula is C13H16O4. The lowest BCUT2D eigenvalue weighted by molar-refractivity contribution is -0.116. The van der Waals surface area contributed by atoms with Crippen molar-refractivity contribution in [1.82, 2.24) is 0 Å². The van der Waals surface area contributed by atoms with E-state index in [0.29, 0.717) is 23.3 Å². The molecule has 0 aromatic heterocycles. The Hall–Kier alpha value is -1.68. The highest BCUT2D eigenvalue weighted by molar-refractivity contribution is 5.93. The molecular weight excluding hydrogens is 220 g/mol. The number of aliphatic hydroxyl groups is 1. The second-order valence-corrected chi connectivity index (χ2v) is 3.75. The van der Waals surface area contributed by atoms with Crippen LogP contribution in [0.5, 0.6) is 0 Å². The third-order valence-electron chi connectivity index (χ3n) is 2.29. The number of hydrogen-bond donors (Lipinski definition) is 1. The van der Waals surface area contributed by atoms with Gasteiger partial charge in [-0.1, -0.05) is 12.1 Å². The number of Topliss-reactive ketones (excluding diaryl/α,β-unsaturated/α-hetero) is 1. The molecule has 17 heavy (non-hydrogen) atoms. The fourth-order valence-electron chi connectivity index (χ4n) is 1.57. The first-order valence-electron chi connectivity index (χ1n) is 5.47.